The van der Waals surface area contributed by atoms with E-state index in [9.17, 15) is 8.42 Å². The summed E-state index contributed by atoms with van der Waals surface area (Å²) in [5, 5.41) is 3.53. The van der Waals surface area contributed by atoms with Gasteiger partial charge in [-0.2, -0.15) is 4.98 Å². The molecule has 6 nitrogen and oxygen atoms in total. The smallest absolute Gasteiger partial charge is 0.224 e. The van der Waals surface area contributed by atoms with Crippen LogP contribution in [0, 0.1) is 0 Å². The van der Waals surface area contributed by atoms with E-state index in [0.29, 0.717) is 23.2 Å². The molecule has 1 saturated heterocycles. The fraction of sp³-hybridized carbons (Fsp3) is 0.667. The summed E-state index contributed by atoms with van der Waals surface area (Å²) in [5.74, 6) is 1.47. The lowest BCUT2D eigenvalue weighted by atomic mass is 10.2. The molecule has 2 rings (SSSR count). The third-order valence-electron chi connectivity index (χ3n) is 3.35. The lowest BCUT2D eigenvalue weighted by molar-refractivity contribution is 0.600. The van der Waals surface area contributed by atoms with Crippen LogP contribution in [0.25, 0.3) is 0 Å². The number of aromatic nitrogens is 2. The number of nitrogens with one attached hydrogen (secondary N) is 1. The number of nitrogens with zero attached hydrogens (tertiary/aromatic N) is 3. The maximum absolute atomic E-state index is 11.6. The highest BCUT2D eigenvalue weighted by molar-refractivity contribution is 7.91. The molecule has 1 aromatic heterocycles. The fourth-order valence-corrected chi connectivity index (χ4v) is 4.18. The molecule has 1 aliphatic heterocycles. The van der Waals surface area contributed by atoms with Crippen molar-refractivity contribution >= 4 is 33.2 Å². The zero-order valence-electron chi connectivity index (χ0n) is 11.6. The van der Waals surface area contributed by atoms with Crippen LogP contribution in [0.4, 0.5) is 11.8 Å². The SMILES string of the molecule is CCCNc1ncc(Cl)c(N(C)C2CCS(=O)(=O)C2)n1. The predicted molar refractivity (Wildman–Crippen MR) is 81.3 cm³/mol. The molecule has 1 atom stereocenters. The maximum Gasteiger partial charge on any atom is 0.224 e. The van der Waals surface area contributed by atoms with Crippen LogP contribution < -0.4 is 10.2 Å². The number of rotatable bonds is 5. The fourth-order valence-electron chi connectivity index (χ4n) is 2.18. The van der Waals surface area contributed by atoms with Crippen molar-refractivity contribution in [1.29, 1.82) is 0 Å². The lowest BCUT2D eigenvalue weighted by Crippen LogP contribution is -2.33. The summed E-state index contributed by atoms with van der Waals surface area (Å²) in [6, 6.07) is -0.0774. The second-order valence-corrected chi connectivity index (χ2v) is 7.60. The monoisotopic (exact) mass is 318 g/mol. The van der Waals surface area contributed by atoms with Gasteiger partial charge in [-0.05, 0) is 12.8 Å². The number of hydrogen-bond acceptors (Lipinski definition) is 6. The van der Waals surface area contributed by atoms with E-state index in [0.717, 1.165) is 13.0 Å². The minimum Gasteiger partial charge on any atom is -0.354 e. The summed E-state index contributed by atoms with van der Waals surface area (Å²) in [6.07, 6.45) is 3.12. The van der Waals surface area contributed by atoms with E-state index >= 15 is 0 Å². The Hall–Kier alpha value is -1.08. The van der Waals surface area contributed by atoms with Crippen molar-refractivity contribution in [1.82, 2.24) is 9.97 Å². The number of hydrogen-bond donors (Lipinski definition) is 1. The van der Waals surface area contributed by atoms with Crippen molar-refractivity contribution in [2.24, 2.45) is 0 Å². The molecule has 2 heterocycles. The number of anilines is 2. The summed E-state index contributed by atoms with van der Waals surface area (Å²) >= 11 is 6.13. The van der Waals surface area contributed by atoms with Crippen LogP contribution in [-0.2, 0) is 9.84 Å². The quantitative estimate of drug-likeness (QED) is 0.888. The van der Waals surface area contributed by atoms with E-state index in [-0.39, 0.29) is 17.5 Å². The third-order valence-corrected chi connectivity index (χ3v) is 5.37. The molecule has 112 valence electrons. The largest absolute Gasteiger partial charge is 0.354 e. The van der Waals surface area contributed by atoms with Gasteiger partial charge in [-0.3, -0.25) is 0 Å². The highest BCUT2D eigenvalue weighted by Gasteiger charge is 2.32. The second-order valence-electron chi connectivity index (χ2n) is 4.96. The summed E-state index contributed by atoms with van der Waals surface area (Å²) in [4.78, 5) is 10.3. The average Bonchev–Trinajstić information content (AvgIpc) is 2.77. The summed E-state index contributed by atoms with van der Waals surface area (Å²) in [5.41, 5.74) is 0. The van der Waals surface area contributed by atoms with Crippen LogP contribution >= 0.6 is 11.6 Å². The van der Waals surface area contributed by atoms with E-state index in [1.807, 2.05) is 11.9 Å². The van der Waals surface area contributed by atoms with Crippen LogP contribution in [0.3, 0.4) is 0 Å². The molecule has 8 heteroatoms. The predicted octanol–water partition coefficient (Wildman–Crippen LogP) is 1.58. The minimum atomic E-state index is -2.93. The van der Waals surface area contributed by atoms with Gasteiger partial charge in [0.25, 0.3) is 0 Å². The Kier molecular flexibility index (Phi) is 4.70. The summed E-state index contributed by atoms with van der Waals surface area (Å²) in [6.45, 7) is 2.84. The topological polar surface area (TPSA) is 75.2 Å². The van der Waals surface area contributed by atoms with Gasteiger partial charge in [0, 0.05) is 19.6 Å². The van der Waals surface area contributed by atoms with E-state index < -0.39 is 9.84 Å². The molecule has 0 bridgehead atoms. The molecule has 1 N–H and O–H groups in total. The van der Waals surface area contributed by atoms with Crippen LogP contribution in [0.2, 0.25) is 5.02 Å². The van der Waals surface area contributed by atoms with Gasteiger partial charge in [0.2, 0.25) is 5.95 Å². The van der Waals surface area contributed by atoms with Gasteiger partial charge >= 0.3 is 0 Å². The van der Waals surface area contributed by atoms with Gasteiger partial charge in [-0.25, -0.2) is 13.4 Å². The standard InChI is InChI=1S/C12H19ClN4O2S/c1-3-5-14-12-15-7-10(13)11(16-12)17(2)9-4-6-20(18,19)8-9/h7,9H,3-6,8H2,1-2H3,(H,14,15,16). The summed E-state index contributed by atoms with van der Waals surface area (Å²) < 4.78 is 23.1. The molecule has 0 aromatic carbocycles. The first-order valence-electron chi connectivity index (χ1n) is 6.62. The zero-order chi connectivity index (χ0) is 14.8. The maximum atomic E-state index is 11.6. The van der Waals surface area contributed by atoms with Crippen molar-refractivity contribution in [3.05, 3.63) is 11.2 Å². The van der Waals surface area contributed by atoms with E-state index in [1.165, 1.54) is 0 Å². The normalized spacial score (nSPS) is 20.9. The van der Waals surface area contributed by atoms with E-state index in [4.69, 9.17) is 11.6 Å². The molecule has 1 aromatic rings. The minimum absolute atomic E-state index is 0.0774. The van der Waals surface area contributed by atoms with Gasteiger partial charge in [-0.15, -0.1) is 0 Å². The molecule has 0 amide bonds. The van der Waals surface area contributed by atoms with Gasteiger partial charge in [-0.1, -0.05) is 18.5 Å². The van der Waals surface area contributed by atoms with Gasteiger partial charge in [0.1, 0.15) is 5.02 Å². The molecule has 0 saturated carbocycles. The second kappa shape index (κ2) is 6.13. The molecule has 0 spiro atoms. The molecule has 1 aliphatic rings. The molecule has 1 fully saturated rings. The molecule has 1 unspecified atom stereocenters. The Morgan fingerprint density at radius 1 is 1.55 bits per heavy atom. The van der Waals surface area contributed by atoms with Gasteiger partial charge in [0.05, 0.1) is 17.7 Å². The van der Waals surface area contributed by atoms with Gasteiger partial charge in [0.15, 0.2) is 15.7 Å². The van der Waals surface area contributed by atoms with E-state index in [1.54, 1.807) is 6.20 Å². The van der Waals surface area contributed by atoms with Gasteiger partial charge < -0.3 is 10.2 Å². The Balaban J connectivity index is 2.18. The van der Waals surface area contributed by atoms with Crippen LogP contribution in [-0.4, -0.2) is 49.5 Å². The molecule has 0 aliphatic carbocycles. The Morgan fingerprint density at radius 3 is 2.90 bits per heavy atom. The Bertz CT molecular complexity index is 579. The molecular formula is C12H19ClN4O2S. The highest BCUT2D eigenvalue weighted by Crippen LogP contribution is 2.27. The van der Waals surface area contributed by atoms with Crippen LogP contribution in [0.15, 0.2) is 6.20 Å². The first-order valence-corrected chi connectivity index (χ1v) is 8.82. The van der Waals surface area contributed by atoms with Crippen molar-refractivity contribution < 1.29 is 8.42 Å². The number of halogens is 1. The van der Waals surface area contributed by atoms with E-state index in [2.05, 4.69) is 22.2 Å². The van der Waals surface area contributed by atoms with Crippen LogP contribution in [0.1, 0.15) is 19.8 Å². The Labute approximate surface area is 124 Å². The Morgan fingerprint density at radius 2 is 2.30 bits per heavy atom. The van der Waals surface area contributed by atoms with Crippen molar-refractivity contribution in [2.75, 3.05) is 35.3 Å². The molecular weight excluding hydrogens is 300 g/mol. The first-order chi connectivity index (χ1) is 9.43. The highest BCUT2D eigenvalue weighted by atomic mass is 35.5. The first kappa shape index (κ1) is 15.3. The van der Waals surface area contributed by atoms with Crippen molar-refractivity contribution in [3.63, 3.8) is 0 Å². The van der Waals surface area contributed by atoms with Crippen LogP contribution in [0.5, 0.6) is 0 Å². The summed E-state index contributed by atoms with van der Waals surface area (Å²) in [7, 11) is -1.11. The molecule has 20 heavy (non-hydrogen) atoms. The number of sulfone groups is 1. The molecule has 0 radical (unpaired) electrons. The van der Waals surface area contributed by atoms with Crippen molar-refractivity contribution in [2.45, 2.75) is 25.8 Å². The zero-order valence-corrected chi connectivity index (χ0v) is 13.2. The lowest BCUT2D eigenvalue weighted by Gasteiger charge is -2.25. The van der Waals surface area contributed by atoms with Crippen molar-refractivity contribution in [3.8, 4) is 0 Å². The third kappa shape index (κ3) is 3.52. The average molecular weight is 319 g/mol.